The van der Waals surface area contributed by atoms with E-state index in [0.717, 1.165) is 50.9 Å². The van der Waals surface area contributed by atoms with Crippen LogP contribution in [0.5, 0.6) is 0 Å². The van der Waals surface area contributed by atoms with E-state index in [1.54, 1.807) is 6.20 Å². The SMILES string of the molecule is CC(C)C(=[OH+])/C=C(\O)C(C)C.Cc1cc(-c2nccc3c2ccc2ccccc23)[c-]cc1-c1ccc(C(F)(F)F)cc1.[Ir]. The molecule has 0 aliphatic carbocycles. The molecule has 0 saturated heterocycles. The van der Waals surface area contributed by atoms with Gasteiger partial charge in [-0.15, -0.1) is 29.3 Å². The van der Waals surface area contributed by atoms with Crippen molar-refractivity contribution in [3.05, 3.63) is 114 Å². The van der Waals surface area contributed by atoms with Gasteiger partial charge in [-0.05, 0) is 33.3 Å². The molecule has 1 heterocycles. The number of benzene rings is 4. The van der Waals surface area contributed by atoms with Crippen LogP contribution in [0.3, 0.4) is 0 Å². The largest absolute Gasteiger partial charge is 0.512 e. The van der Waals surface area contributed by atoms with Crippen LogP contribution in [0.25, 0.3) is 43.9 Å². The fraction of sp³-hybridized carbons (Fsp3) is 0.222. The molecule has 3 nitrogen and oxygen atoms in total. The van der Waals surface area contributed by atoms with Gasteiger partial charge in [0.05, 0.1) is 17.6 Å². The van der Waals surface area contributed by atoms with Crippen molar-refractivity contribution in [3.63, 3.8) is 0 Å². The van der Waals surface area contributed by atoms with E-state index < -0.39 is 11.7 Å². The standard InChI is InChI=1S/C27H17F3N.C9H16O2.Ir/c1-17-16-20(9-12-22(17)19-6-10-21(11-7-19)27(28,29)30)26-25-13-8-18-4-2-3-5-23(18)24(25)14-15-31-26;1-6(2)8(10)5-9(11)7(3)4;/h2-8,10-16H,1H3;5-7,10H,1-4H3;/q-1;;/p+1/b;8-5-;. The number of allylic oxidation sites excluding steroid dienone is 2. The Morgan fingerprint density at radius 2 is 1.56 bits per heavy atom. The van der Waals surface area contributed by atoms with Crippen molar-refractivity contribution in [2.75, 3.05) is 0 Å². The van der Waals surface area contributed by atoms with Crippen molar-refractivity contribution in [1.82, 2.24) is 4.98 Å². The Bertz CT molecular complexity index is 1760. The molecule has 43 heavy (non-hydrogen) atoms. The van der Waals surface area contributed by atoms with Crippen LogP contribution in [-0.4, -0.2) is 20.7 Å². The third kappa shape index (κ3) is 7.98. The molecule has 0 unspecified atom stereocenters. The number of alkyl halides is 3. The van der Waals surface area contributed by atoms with Crippen LogP contribution in [0.4, 0.5) is 13.2 Å². The molecule has 0 saturated carbocycles. The zero-order valence-electron chi connectivity index (χ0n) is 24.6. The van der Waals surface area contributed by atoms with Gasteiger partial charge in [0.1, 0.15) is 5.76 Å². The summed E-state index contributed by atoms with van der Waals surface area (Å²) in [4.78, 5) is 13.8. The number of aryl methyl sites for hydroxylation is 1. The summed E-state index contributed by atoms with van der Waals surface area (Å²) in [5.41, 5.74) is 3.57. The number of aliphatic hydroxyl groups is 1. The zero-order valence-corrected chi connectivity index (χ0v) is 27.0. The van der Waals surface area contributed by atoms with E-state index in [-0.39, 0.29) is 43.5 Å². The minimum Gasteiger partial charge on any atom is -0.512 e. The number of halogens is 3. The van der Waals surface area contributed by atoms with Crippen molar-refractivity contribution >= 4 is 27.3 Å². The number of hydrogen-bond acceptors (Lipinski definition) is 2. The summed E-state index contributed by atoms with van der Waals surface area (Å²) in [5, 5.41) is 13.7. The number of fused-ring (bicyclic) bond motifs is 3. The van der Waals surface area contributed by atoms with Gasteiger partial charge in [0.2, 0.25) is 0 Å². The van der Waals surface area contributed by atoms with Gasteiger partial charge in [-0.1, -0.05) is 106 Å². The summed E-state index contributed by atoms with van der Waals surface area (Å²) >= 11 is 0. The maximum Gasteiger partial charge on any atom is 0.416 e. The molecule has 7 heteroatoms. The van der Waals surface area contributed by atoms with E-state index >= 15 is 0 Å². The Morgan fingerprint density at radius 3 is 2.16 bits per heavy atom. The van der Waals surface area contributed by atoms with E-state index in [2.05, 4.69) is 35.3 Å². The molecule has 4 aromatic carbocycles. The van der Waals surface area contributed by atoms with E-state index in [4.69, 9.17) is 0 Å². The smallest absolute Gasteiger partial charge is 0.416 e. The van der Waals surface area contributed by atoms with Gasteiger partial charge in [0.25, 0.3) is 0 Å². The third-order valence-electron chi connectivity index (χ3n) is 7.09. The molecule has 0 atom stereocenters. The number of carbonyl (C=O) groups excluding carboxylic acids is 1. The predicted octanol–water partition coefficient (Wildman–Crippen LogP) is 10.1. The molecule has 2 N–H and O–H groups in total. The molecule has 225 valence electrons. The van der Waals surface area contributed by atoms with Gasteiger partial charge in [-0.25, -0.2) is 0 Å². The molecule has 1 aromatic heterocycles. The van der Waals surface area contributed by atoms with Crippen LogP contribution < -0.4 is 0 Å². The van der Waals surface area contributed by atoms with Gasteiger partial charge >= 0.3 is 12.0 Å². The number of ketones is 1. The summed E-state index contributed by atoms with van der Waals surface area (Å²) in [6.45, 7) is 9.45. The number of rotatable bonds is 5. The van der Waals surface area contributed by atoms with Gasteiger partial charge in [-0.2, -0.15) is 13.2 Å². The second kappa shape index (κ2) is 14.1. The summed E-state index contributed by atoms with van der Waals surface area (Å²) < 4.78 is 38.6. The molecule has 0 aliphatic rings. The van der Waals surface area contributed by atoms with Crippen molar-refractivity contribution in [2.45, 2.75) is 40.8 Å². The normalized spacial score (nSPS) is 11.8. The molecule has 0 fully saturated rings. The molecular formula is C36H34F3IrNO2. The van der Waals surface area contributed by atoms with Gasteiger partial charge < -0.3 is 10.1 Å². The van der Waals surface area contributed by atoms with Crippen LogP contribution >= 0.6 is 0 Å². The maximum atomic E-state index is 12.9. The first-order valence-corrected chi connectivity index (χ1v) is 13.8. The van der Waals surface area contributed by atoms with E-state index in [9.17, 15) is 23.1 Å². The first-order valence-electron chi connectivity index (χ1n) is 13.8. The fourth-order valence-electron chi connectivity index (χ4n) is 4.52. The average molecular weight is 762 g/mol. The molecule has 0 bridgehead atoms. The minimum atomic E-state index is -4.34. The number of aliphatic hydroxyl groups excluding tert-OH is 1. The summed E-state index contributed by atoms with van der Waals surface area (Å²) in [6.07, 6.45) is -1.11. The van der Waals surface area contributed by atoms with Crippen molar-refractivity contribution in [3.8, 4) is 22.4 Å². The number of pyridine rings is 1. The topological polar surface area (TPSA) is 54.5 Å². The molecule has 0 spiro atoms. The van der Waals surface area contributed by atoms with Gasteiger partial charge in [0.15, 0.2) is 0 Å². The van der Waals surface area contributed by atoms with Crippen molar-refractivity contribution < 1.29 is 43.2 Å². The Balaban J connectivity index is 0.000000363. The van der Waals surface area contributed by atoms with Crippen LogP contribution in [0.15, 0.2) is 96.9 Å². The average Bonchev–Trinajstić information content (AvgIpc) is 2.96. The number of hydrogen-bond donors (Lipinski definition) is 1. The Kier molecular flexibility index (Phi) is 11.1. The maximum absolute atomic E-state index is 12.9. The van der Waals surface area contributed by atoms with Crippen molar-refractivity contribution in [2.24, 2.45) is 11.8 Å². The van der Waals surface area contributed by atoms with Crippen LogP contribution in [0, 0.1) is 24.8 Å². The number of aromatic nitrogens is 1. The molecular weight excluding hydrogens is 728 g/mol. The van der Waals surface area contributed by atoms with Gasteiger partial charge in [-0.3, -0.25) is 4.79 Å². The van der Waals surface area contributed by atoms with Gasteiger partial charge in [0, 0.05) is 32.2 Å². The summed E-state index contributed by atoms with van der Waals surface area (Å²) in [7, 11) is 0. The van der Waals surface area contributed by atoms with Crippen LogP contribution in [0.2, 0.25) is 0 Å². The second-order valence-corrected chi connectivity index (χ2v) is 10.9. The van der Waals surface area contributed by atoms with Crippen LogP contribution in [-0.2, 0) is 26.3 Å². The zero-order chi connectivity index (χ0) is 30.6. The second-order valence-electron chi connectivity index (χ2n) is 10.9. The summed E-state index contributed by atoms with van der Waals surface area (Å²) in [6, 6.07) is 26.8. The molecule has 0 amide bonds. The van der Waals surface area contributed by atoms with E-state index in [1.165, 1.54) is 29.0 Å². The molecule has 5 rings (SSSR count). The molecule has 0 aliphatic heterocycles. The Hall–Kier alpha value is -3.80. The Morgan fingerprint density at radius 1 is 0.884 bits per heavy atom. The third-order valence-corrected chi connectivity index (χ3v) is 7.09. The fourth-order valence-corrected chi connectivity index (χ4v) is 4.52. The van der Waals surface area contributed by atoms with E-state index in [0.29, 0.717) is 0 Å². The van der Waals surface area contributed by atoms with Crippen molar-refractivity contribution in [1.29, 1.82) is 0 Å². The summed E-state index contributed by atoms with van der Waals surface area (Å²) in [5.74, 6) is 0.624. The number of nitrogens with zero attached hydrogens (tertiary/aromatic N) is 1. The minimum absolute atomic E-state index is 0. The first kappa shape index (κ1) is 33.7. The van der Waals surface area contributed by atoms with Crippen LogP contribution in [0.1, 0.15) is 38.8 Å². The molecule has 1 radical (unpaired) electrons. The monoisotopic (exact) mass is 762 g/mol. The Labute approximate surface area is 263 Å². The predicted molar refractivity (Wildman–Crippen MR) is 166 cm³/mol. The quantitative estimate of drug-likeness (QED) is 0.0638. The first-order chi connectivity index (χ1) is 19.9. The molecule has 5 aromatic rings. The van der Waals surface area contributed by atoms with E-state index in [1.807, 2.05) is 65.0 Å².